The molecule has 1 aliphatic heterocycles. The maximum absolute atomic E-state index is 13.3. The summed E-state index contributed by atoms with van der Waals surface area (Å²) in [5.41, 5.74) is 8.05. The van der Waals surface area contributed by atoms with Gasteiger partial charge in [0.15, 0.2) is 5.78 Å². The van der Waals surface area contributed by atoms with Gasteiger partial charge in [0.1, 0.15) is 6.04 Å². The van der Waals surface area contributed by atoms with Crippen molar-refractivity contribution in [2.45, 2.75) is 45.6 Å². The van der Waals surface area contributed by atoms with E-state index < -0.39 is 12.1 Å². The molecule has 2 aromatic carbocycles. The quantitative estimate of drug-likeness (QED) is 0.317. The summed E-state index contributed by atoms with van der Waals surface area (Å²) in [7, 11) is 0. The molecule has 7 nitrogen and oxygen atoms in total. The number of hydrogen-bond acceptors (Lipinski definition) is 3. The lowest BCUT2D eigenvalue weighted by atomic mass is 10.0. The number of aromatic nitrogens is 2. The molecule has 1 saturated heterocycles. The maximum Gasteiger partial charge on any atom is 0.325 e. The Morgan fingerprint density at radius 3 is 2.69 bits per heavy atom. The lowest BCUT2D eigenvalue weighted by Gasteiger charge is -2.14. The number of nitrogens with one attached hydrogen (secondary N) is 2. The molecule has 0 saturated carbocycles. The van der Waals surface area contributed by atoms with Gasteiger partial charge in [0.2, 0.25) is 0 Å². The predicted molar refractivity (Wildman–Crippen MR) is 138 cm³/mol. The van der Waals surface area contributed by atoms with Crippen molar-refractivity contribution in [1.82, 2.24) is 19.8 Å². The molecular formula is C29H28N4O3. The lowest BCUT2D eigenvalue weighted by Crippen LogP contribution is -2.36. The van der Waals surface area contributed by atoms with E-state index in [1.54, 1.807) is 0 Å². The first-order valence-electron chi connectivity index (χ1n) is 12.4. The largest absolute Gasteiger partial charge is 0.361 e. The molecule has 1 fully saturated rings. The van der Waals surface area contributed by atoms with Crippen molar-refractivity contribution in [3.05, 3.63) is 88.4 Å². The molecule has 0 spiro atoms. The summed E-state index contributed by atoms with van der Waals surface area (Å²) in [6.07, 6.45) is 5.62. The summed E-state index contributed by atoms with van der Waals surface area (Å²) >= 11 is 0. The van der Waals surface area contributed by atoms with Crippen LogP contribution in [0.2, 0.25) is 0 Å². The van der Waals surface area contributed by atoms with Gasteiger partial charge in [-0.1, -0.05) is 24.3 Å². The SMILES string of the molecule is Cc1cc(C(=O)CN2C(=O)N[C@@H](Cc3c[nH]c4ccccc34)C2=O)c(C)n1-c1ccc2c(c1)CCC2. The third kappa shape index (κ3) is 3.63. The summed E-state index contributed by atoms with van der Waals surface area (Å²) in [6, 6.07) is 15.0. The third-order valence-corrected chi connectivity index (χ3v) is 7.58. The first-order valence-corrected chi connectivity index (χ1v) is 12.4. The average Bonchev–Trinajstić information content (AvgIpc) is 3.62. The number of Topliss-reactive ketones (excluding diaryl/α,β-unsaturated/α-hetero) is 1. The zero-order valence-corrected chi connectivity index (χ0v) is 20.4. The molecule has 2 aromatic heterocycles. The van der Waals surface area contributed by atoms with E-state index in [1.807, 2.05) is 50.4 Å². The fourth-order valence-corrected chi connectivity index (χ4v) is 5.75. The van der Waals surface area contributed by atoms with Crippen molar-refractivity contribution >= 4 is 28.6 Å². The fourth-order valence-electron chi connectivity index (χ4n) is 5.75. The second-order valence-electron chi connectivity index (χ2n) is 9.84. The highest BCUT2D eigenvalue weighted by Crippen LogP contribution is 2.28. The van der Waals surface area contributed by atoms with Gasteiger partial charge in [-0.3, -0.25) is 14.5 Å². The third-order valence-electron chi connectivity index (χ3n) is 7.58. The smallest absolute Gasteiger partial charge is 0.325 e. The van der Waals surface area contributed by atoms with E-state index in [0.717, 1.165) is 51.3 Å². The summed E-state index contributed by atoms with van der Waals surface area (Å²) in [5, 5.41) is 3.78. The predicted octanol–water partition coefficient (Wildman–Crippen LogP) is 4.41. The normalized spacial score (nSPS) is 17.2. The molecule has 2 N–H and O–H groups in total. The Morgan fingerprint density at radius 2 is 1.83 bits per heavy atom. The number of urea groups is 1. The lowest BCUT2D eigenvalue weighted by molar-refractivity contribution is -0.127. The van der Waals surface area contributed by atoms with Crippen LogP contribution in [0, 0.1) is 13.8 Å². The number of amides is 3. The molecule has 6 rings (SSSR count). The number of aromatic amines is 1. The van der Waals surface area contributed by atoms with Gasteiger partial charge in [-0.2, -0.15) is 0 Å². The van der Waals surface area contributed by atoms with Gasteiger partial charge in [0.25, 0.3) is 5.91 Å². The maximum atomic E-state index is 13.3. The van der Waals surface area contributed by atoms with Crippen molar-refractivity contribution in [2.75, 3.05) is 6.54 Å². The number of fused-ring (bicyclic) bond motifs is 2. The van der Waals surface area contributed by atoms with Gasteiger partial charge < -0.3 is 14.9 Å². The highest BCUT2D eigenvalue weighted by atomic mass is 16.2. The number of nitrogens with zero attached hydrogens (tertiary/aromatic N) is 2. The number of ketones is 1. The molecule has 3 heterocycles. The minimum atomic E-state index is -0.691. The van der Waals surface area contributed by atoms with E-state index in [4.69, 9.17) is 0 Å². The van der Waals surface area contributed by atoms with E-state index in [-0.39, 0.29) is 18.2 Å². The molecule has 1 atom stereocenters. The molecule has 0 unspecified atom stereocenters. The van der Waals surface area contributed by atoms with Gasteiger partial charge in [-0.15, -0.1) is 0 Å². The van der Waals surface area contributed by atoms with E-state index in [2.05, 4.69) is 33.1 Å². The highest BCUT2D eigenvalue weighted by molar-refractivity contribution is 6.09. The van der Waals surface area contributed by atoms with E-state index >= 15 is 0 Å². The van der Waals surface area contributed by atoms with Crippen molar-refractivity contribution in [3.8, 4) is 5.69 Å². The zero-order valence-electron chi connectivity index (χ0n) is 20.4. The molecule has 7 heteroatoms. The second kappa shape index (κ2) is 8.52. The number of imide groups is 1. The highest BCUT2D eigenvalue weighted by Gasteiger charge is 2.39. The van der Waals surface area contributed by atoms with Crippen molar-refractivity contribution in [3.63, 3.8) is 0 Å². The molecule has 0 radical (unpaired) electrons. The molecule has 182 valence electrons. The van der Waals surface area contributed by atoms with Crippen LogP contribution in [0.3, 0.4) is 0 Å². The first kappa shape index (κ1) is 22.3. The van der Waals surface area contributed by atoms with Gasteiger partial charge in [0, 0.05) is 46.2 Å². The number of aryl methyl sites for hydroxylation is 3. The van der Waals surface area contributed by atoms with E-state index in [1.165, 1.54) is 17.5 Å². The monoisotopic (exact) mass is 480 g/mol. The molecule has 4 aromatic rings. The summed E-state index contributed by atoms with van der Waals surface area (Å²) < 4.78 is 2.08. The van der Waals surface area contributed by atoms with Gasteiger partial charge in [0.05, 0.1) is 6.54 Å². The minimum absolute atomic E-state index is 0.244. The number of hydrogen-bond donors (Lipinski definition) is 2. The van der Waals surface area contributed by atoms with Crippen LogP contribution in [-0.4, -0.2) is 44.8 Å². The number of para-hydroxylation sites is 1. The van der Waals surface area contributed by atoms with E-state index in [9.17, 15) is 14.4 Å². The average molecular weight is 481 g/mol. The minimum Gasteiger partial charge on any atom is -0.361 e. The van der Waals surface area contributed by atoms with Crippen molar-refractivity contribution in [2.24, 2.45) is 0 Å². The van der Waals surface area contributed by atoms with Crippen LogP contribution >= 0.6 is 0 Å². The van der Waals surface area contributed by atoms with E-state index in [0.29, 0.717) is 12.0 Å². The second-order valence-corrected chi connectivity index (χ2v) is 9.84. The number of carbonyl (C=O) groups is 3. The molecule has 3 amide bonds. The van der Waals surface area contributed by atoms with Crippen molar-refractivity contribution in [1.29, 1.82) is 0 Å². The van der Waals surface area contributed by atoms with Gasteiger partial charge in [-0.05, 0) is 74.1 Å². The summed E-state index contributed by atoms with van der Waals surface area (Å²) in [4.78, 5) is 43.3. The van der Waals surface area contributed by atoms with Crippen LogP contribution in [0.15, 0.2) is 54.7 Å². The number of carbonyl (C=O) groups excluding carboxylic acids is 3. The van der Waals surface area contributed by atoms with Crippen LogP contribution in [-0.2, 0) is 24.1 Å². The Kier molecular flexibility index (Phi) is 5.29. The number of benzene rings is 2. The Labute approximate surface area is 209 Å². The molecular weight excluding hydrogens is 452 g/mol. The molecule has 1 aliphatic carbocycles. The number of rotatable bonds is 6. The van der Waals surface area contributed by atoms with Gasteiger partial charge in [-0.25, -0.2) is 4.79 Å². The van der Waals surface area contributed by atoms with Crippen LogP contribution in [0.25, 0.3) is 16.6 Å². The Hall–Kier alpha value is -4.13. The number of H-pyrrole nitrogens is 1. The fraction of sp³-hybridized carbons (Fsp3) is 0.276. The topological polar surface area (TPSA) is 87.2 Å². The summed E-state index contributed by atoms with van der Waals surface area (Å²) in [5.74, 6) is -0.613. The Morgan fingerprint density at radius 1 is 1.03 bits per heavy atom. The molecule has 0 bridgehead atoms. The first-order chi connectivity index (χ1) is 17.4. The molecule has 2 aliphatic rings. The Balaban J connectivity index is 1.21. The Bertz CT molecular complexity index is 1540. The van der Waals surface area contributed by atoms with Crippen LogP contribution in [0.5, 0.6) is 0 Å². The van der Waals surface area contributed by atoms with Crippen LogP contribution in [0.4, 0.5) is 4.79 Å². The van der Waals surface area contributed by atoms with Crippen LogP contribution < -0.4 is 5.32 Å². The summed E-state index contributed by atoms with van der Waals surface area (Å²) in [6.45, 7) is 3.62. The van der Waals surface area contributed by atoms with Gasteiger partial charge >= 0.3 is 6.03 Å². The molecule has 36 heavy (non-hydrogen) atoms. The zero-order chi connectivity index (χ0) is 25.0. The standard InChI is InChI=1S/C29H28N4O3/c1-17-12-24(18(2)33(17)22-11-10-19-6-5-7-20(19)13-22)27(34)16-32-28(35)26(31-29(32)36)14-21-15-30-25-9-4-3-8-23(21)25/h3-4,8-13,15,26,30H,5-7,14,16H2,1-2H3,(H,31,36)/t26-/m0/s1. The van der Waals surface area contributed by atoms with Crippen molar-refractivity contribution < 1.29 is 14.4 Å². The van der Waals surface area contributed by atoms with Crippen LogP contribution in [0.1, 0.15) is 44.9 Å².